The molecule has 44 heavy (non-hydrogen) atoms. The van der Waals surface area contributed by atoms with Gasteiger partial charge in [0.1, 0.15) is 30.8 Å². The fourth-order valence-corrected chi connectivity index (χ4v) is 4.73. The fourth-order valence-electron chi connectivity index (χ4n) is 3.78. The number of hydrogen-bond acceptors (Lipinski definition) is 13. The average molecular weight is 659 g/mol. The van der Waals surface area contributed by atoms with Crippen LogP contribution in [0.4, 0.5) is 0 Å². The second-order valence-electron chi connectivity index (χ2n) is 10.1. The van der Waals surface area contributed by atoms with Crippen LogP contribution in [-0.2, 0) is 47.0 Å². The van der Waals surface area contributed by atoms with Crippen LogP contribution in [0.1, 0.15) is 46.5 Å². The predicted molar refractivity (Wildman–Crippen MR) is 152 cm³/mol. The Labute approximate surface area is 256 Å². The van der Waals surface area contributed by atoms with E-state index in [2.05, 4.69) is 21.3 Å². The molecule has 256 valence electrons. The Morgan fingerprint density at radius 3 is 2.11 bits per heavy atom. The Hall–Kier alpha value is -2.25. The molecule has 8 N–H and O–H groups in total. The topological polar surface area (TPSA) is 261 Å². The summed E-state index contributed by atoms with van der Waals surface area (Å²) in [4.78, 5) is 56.5. The lowest BCUT2D eigenvalue weighted by molar-refractivity contribution is -0.270. The number of aliphatic hydroxyl groups is 3. The number of carbonyl (C=O) groups excluding carboxylic acids is 4. The van der Waals surface area contributed by atoms with Crippen LogP contribution in [0, 0.1) is 0 Å². The first kappa shape index (κ1) is 39.8. The number of hydrogen-bond donors (Lipinski definition) is 8. The number of phosphoric ester groups is 1. The van der Waals surface area contributed by atoms with Crippen molar-refractivity contribution in [2.24, 2.45) is 0 Å². The van der Waals surface area contributed by atoms with Crippen molar-refractivity contribution >= 4 is 31.5 Å². The van der Waals surface area contributed by atoms with Crippen LogP contribution in [0.3, 0.4) is 0 Å². The van der Waals surface area contributed by atoms with Crippen LogP contribution in [0.15, 0.2) is 0 Å². The number of amides is 4. The van der Waals surface area contributed by atoms with E-state index in [4.69, 9.17) is 23.3 Å². The molecule has 19 heteroatoms. The van der Waals surface area contributed by atoms with Crippen molar-refractivity contribution in [2.45, 2.75) is 83.2 Å². The summed E-state index contributed by atoms with van der Waals surface area (Å²) in [6, 6.07) is -1.04. The first-order chi connectivity index (χ1) is 20.8. The summed E-state index contributed by atoms with van der Waals surface area (Å²) in [6.45, 7) is 4.58. The highest BCUT2D eigenvalue weighted by molar-refractivity contribution is 7.47. The molecule has 0 spiro atoms. The van der Waals surface area contributed by atoms with Gasteiger partial charge in [0.2, 0.25) is 23.6 Å². The zero-order valence-corrected chi connectivity index (χ0v) is 26.2. The quantitative estimate of drug-likeness (QED) is 0.0338. The van der Waals surface area contributed by atoms with Crippen molar-refractivity contribution in [1.29, 1.82) is 0 Å². The second-order valence-corrected chi connectivity index (χ2v) is 11.5. The van der Waals surface area contributed by atoms with Crippen LogP contribution in [-0.4, -0.2) is 133 Å². The lowest BCUT2D eigenvalue weighted by atomic mass is 9.97. The maximum atomic E-state index is 12.0. The van der Waals surface area contributed by atoms with Gasteiger partial charge in [0.25, 0.3) is 0 Å². The van der Waals surface area contributed by atoms with E-state index in [1.807, 2.05) is 0 Å². The zero-order chi connectivity index (χ0) is 33.1. The lowest BCUT2D eigenvalue weighted by Gasteiger charge is -2.42. The van der Waals surface area contributed by atoms with Gasteiger partial charge in [-0.25, -0.2) is 4.57 Å². The van der Waals surface area contributed by atoms with Gasteiger partial charge in [-0.1, -0.05) is 0 Å². The summed E-state index contributed by atoms with van der Waals surface area (Å²) in [6.07, 6.45) is -5.23. The lowest BCUT2D eigenvalue weighted by Crippen LogP contribution is -2.64. The molecule has 1 aliphatic rings. The standard InChI is InChI=1S/C25H47N4O14P/c1-16(2)43-44(37,38)41-11-5-8-27-20(33)14-21(34)28-9-13-39-12-6-19(32)26-7-4-10-40-25-22(29-17(3)31)24(36)23(35)18(15-30)42-25/h16,18,22-25,30,35-36H,4-15H2,1-3H3,(H,26,32)(H,27,33)(H,28,34)(H,29,31)(H,37,38)/t18?,22?,23-,24+,25+/m0/s1. The second kappa shape index (κ2) is 21.5. The van der Waals surface area contributed by atoms with Gasteiger partial charge in [-0.3, -0.25) is 28.2 Å². The Kier molecular flexibility index (Phi) is 19.4. The molecule has 3 unspecified atom stereocenters. The largest absolute Gasteiger partial charge is 0.472 e. The van der Waals surface area contributed by atoms with Crippen LogP contribution in [0.5, 0.6) is 0 Å². The van der Waals surface area contributed by atoms with Gasteiger partial charge >= 0.3 is 7.82 Å². The van der Waals surface area contributed by atoms with Gasteiger partial charge in [-0.05, 0) is 26.7 Å². The van der Waals surface area contributed by atoms with Gasteiger partial charge in [-0.2, -0.15) is 0 Å². The normalized spacial score (nSPS) is 23.0. The van der Waals surface area contributed by atoms with Gasteiger partial charge in [0.05, 0.1) is 39.1 Å². The summed E-state index contributed by atoms with van der Waals surface area (Å²) in [5, 5.41) is 39.7. The third kappa shape index (κ3) is 17.3. The highest BCUT2D eigenvalue weighted by Gasteiger charge is 2.45. The zero-order valence-electron chi connectivity index (χ0n) is 25.3. The molecule has 0 radical (unpaired) electrons. The maximum absolute atomic E-state index is 12.0. The first-order valence-corrected chi connectivity index (χ1v) is 15.8. The molecule has 0 aliphatic carbocycles. The van der Waals surface area contributed by atoms with E-state index >= 15 is 0 Å². The Morgan fingerprint density at radius 1 is 0.886 bits per heavy atom. The molecular formula is C25H47N4O14P. The summed E-state index contributed by atoms with van der Waals surface area (Å²) >= 11 is 0. The maximum Gasteiger partial charge on any atom is 0.472 e. The molecule has 1 fully saturated rings. The smallest absolute Gasteiger partial charge is 0.394 e. The Bertz CT molecular complexity index is 943. The van der Waals surface area contributed by atoms with E-state index in [-0.39, 0.29) is 64.8 Å². The molecule has 1 rings (SSSR count). The summed E-state index contributed by atoms with van der Waals surface area (Å²) in [5.41, 5.74) is 0. The summed E-state index contributed by atoms with van der Waals surface area (Å²) < 4.78 is 37.4. The number of rotatable bonds is 22. The monoisotopic (exact) mass is 658 g/mol. The van der Waals surface area contributed by atoms with Crippen molar-refractivity contribution in [3.63, 3.8) is 0 Å². The van der Waals surface area contributed by atoms with Crippen molar-refractivity contribution in [1.82, 2.24) is 21.3 Å². The van der Waals surface area contributed by atoms with Crippen LogP contribution >= 0.6 is 7.82 Å². The van der Waals surface area contributed by atoms with Gasteiger partial charge < -0.3 is 55.7 Å². The predicted octanol–water partition coefficient (Wildman–Crippen LogP) is -2.59. The van der Waals surface area contributed by atoms with E-state index in [0.29, 0.717) is 6.42 Å². The third-order valence-electron chi connectivity index (χ3n) is 5.78. The van der Waals surface area contributed by atoms with Crippen LogP contribution in [0.2, 0.25) is 0 Å². The van der Waals surface area contributed by atoms with Crippen molar-refractivity contribution in [3.05, 3.63) is 0 Å². The SMILES string of the molecule is CC(=O)NC1[C@H](OCCCNC(=O)CCOCCNC(=O)CC(=O)NCCCOP(=O)(O)OC(C)C)OC(CO)[C@H](O)[C@@H]1O. The van der Waals surface area contributed by atoms with Crippen LogP contribution in [0.25, 0.3) is 0 Å². The van der Waals surface area contributed by atoms with E-state index < -0.39 is 75.3 Å². The average Bonchev–Trinajstić information content (AvgIpc) is 2.92. The Morgan fingerprint density at radius 2 is 1.50 bits per heavy atom. The summed E-state index contributed by atoms with van der Waals surface area (Å²) in [5.74, 6) is -1.80. The number of nitrogens with one attached hydrogen (secondary N) is 4. The molecule has 1 aliphatic heterocycles. The van der Waals surface area contributed by atoms with E-state index in [1.54, 1.807) is 13.8 Å². The first-order valence-electron chi connectivity index (χ1n) is 14.3. The number of carbonyl (C=O) groups is 4. The molecule has 1 heterocycles. The van der Waals surface area contributed by atoms with Crippen molar-refractivity contribution in [3.8, 4) is 0 Å². The number of aliphatic hydroxyl groups excluding tert-OH is 3. The number of phosphoric acid groups is 1. The molecule has 0 bridgehead atoms. The molecule has 0 saturated carbocycles. The van der Waals surface area contributed by atoms with E-state index in [1.165, 1.54) is 6.92 Å². The highest BCUT2D eigenvalue weighted by Crippen LogP contribution is 2.44. The van der Waals surface area contributed by atoms with E-state index in [0.717, 1.165) is 0 Å². The number of ether oxygens (including phenoxy) is 3. The van der Waals surface area contributed by atoms with Gasteiger partial charge in [0.15, 0.2) is 6.29 Å². The molecule has 0 aromatic carbocycles. The minimum absolute atomic E-state index is 0.0643. The molecule has 0 aromatic rings. The molecule has 6 atom stereocenters. The minimum atomic E-state index is -4.13. The van der Waals surface area contributed by atoms with E-state index in [9.17, 15) is 44.0 Å². The third-order valence-corrected chi connectivity index (χ3v) is 6.98. The van der Waals surface area contributed by atoms with Crippen LogP contribution < -0.4 is 21.3 Å². The molecule has 18 nitrogen and oxygen atoms in total. The van der Waals surface area contributed by atoms with Crippen molar-refractivity contribution in [2.75, 3.05) is 52.7 Å². The van der Waals surface area contributed by atoms with Gasteiger partial charge in [-0.15, -0.1) is 0 Å². The molecular weight excluding hydrogens is 611 g/mol. The molecule has 4 amide bonds. The fraction of sp³-hybridized carbons (Fsp3) is 0.840. The summed E-state index contributed by atoms with van der Waals surface area (Å²) in [7, 11) is -4.13. The molecule has 0 aromatic heterocycles. The Balaban J connectivity index is 2.09. The van der Waals surface area contributed by atoms with Crippen molar-refractivity contribution < 1.29 is 67.2 Å². The highest BCUT2D eigenvalue weighted by atomic mass is 31.2. The minimum Gasteiger partial charge on any atom is -0.394 e. The van der Waals surface area contributed by atoms with Gasteiger partial charge in [0, 0.05) is 33.0 Å². The molecule has 1 saturated heterocycles.